The number of nitrogens with zero attached hydrogens (tertiary/aromatic N) is 5. The molecule has 1 N–H and O–H groups in total. The highest BCUT2D eigenvalue weighted by atomic mass is 35.5. The summed E-state index contributed by atoms with van der Waals surface area (Å²) in [5.74, 6) is 1.77. The lowest BCUT2D eigenvalue weighted by Gasteiger charge is -2.35. The van der Waals surface area contributed by atoms with Crippen LogP contribution in [-0.4, -0.2) is 70.4 Å². The van der Waals surface area contributed by atoms with Gasteiger partial charge in [-0.1, -0.05) is 29.5 Å². The monoisotopic (exact) mass is 486 g/mol. The van der Waals surface area contributed by atoms with Crippen LogP contribution < -0.4 is 10.2 Å². The number of piperazine rings is 1. The Bertz CT molecular complexity index is 1120. The van der Waals surface area contributed by atoms with Gasteiger partial charge in [0.1, 0.15) is 28.9 Å². The second-order valence-corrected chi connectivity index (χ2v) is 8.79. The molecule has 0 bridgehead atoms. The molecule has 1 aromatic carbocycles. The summed E-state index contributed by atoms with van der Waals surface area (Å²) in [6, 6.07) is 10.9. The average Bonchev–Trinajstić information content (AvgIpc) is 3.28. The largest absolute Gasteiger partial charge is 0.461 e. The maximum atomic E-state index is 12.1. The Labute approximate surface area is 200 Å². The molecule has 0 saturated carbocycles. The first-order valence-electron chi connectivity index (χ1n) is 10.5. The van der Waals surface area contributed by atoms with Gasteiger partial charge in [-0.05, 0) is 30.7 Å². The molecule has 1 aliphatic heterocycles. The molecule has 33 heavy (non-hydrogen) atoms. The average molecular weight is 487 g/mol. The van der Waals surface area contributed by atoms with Crippen molar-refractivity contribution in [3.8, 4) is 0 Å². The van der Waals surface area contributed by atoms with E-state index in [4.69, 9.17) is 16.3 Å². The van der Waals surface area contributed by atoms with Crippen molar-refractivity contribution in [1.82, 2.24) is 19.9 Å². The van der Waals surface area contributed by atoms with Crippen LogP contribution in [0.5, 0.6) is 0 Å². The number of benzene rings is 1. The van der Waals surface area contributed by atoms with E-state index in [9.17, 15) is 9.59 Å². The number of esters is 1. The number of nitrogens with one attached hydrogen (secondary N) is 1. The minimum atomic E-state index is -0.534. The number of anilines is 3. The smallest absolute Gasteiger partial charge is 0.338 e. The Morgan fingerprint density at radius 3 is 2.61 bits per heavy atom. The second-order valence-electron chi connectivity index (χ2n) is 7.42. The van der Waals surface area contributed by atoms with Gasteiger partial charge in [0.05, 0.1) is 11.8 Å². The minimum Gasteiger partial charge on any atom is -0.461 e. The number of aryl methyl sites for hydroxylation is 1. The van der Waals surface area contributed by atoms with Crippen LogP contribution in [0.25, 0.3) is 0 Å². The van der Waals surface area contributed by atoms with Gasteiger partial charge in [-0.25, -0.2) is 19.7 Å². The maximum absolute atomic E-state index is 12.1. The summed E-state index contributed by atoms with van der Waals surface area (Å²) in [6.45, 7) is 6.14. The highest BCUT2D eigenvalue weighted by molar-refractivity contribution is 7.19. The van der Waals surface area contributed by atoms with Crippen LogP contribution in [0.15, 0.2) is 42.6 Å². The first-order chi connectivity index (χ1) is 16.0. The standard InChI is InChI=1S/C22H23ClN6O3S/c1-15-25-18(27-22-24-14-17(33-22)20(23)30)13-19(26-15)29-9-7-28(8-10-29)11-12-32-21(31)16-5-3-2-4-6-16/h2-6,13-14H,7-12H2,1H3,(H,24,25,26,27). The van der Waals surface area contributed by atoms with Gasteiger partial charge in [0.25, 0.3) is 5.24 Å². The molecule has 0 amide bonds. The molecule has 2 aromatic heterocycles. The zero-order valence-electron chi connectivity index (χ0n) is 18.0. The Hall–Kier alpha value is -3.08. The third-order valence-corrected chi connectivity index (χ3v) is 6.33. The molecular weight excluding hydrogens is 464 g/mol. The van der Waals surface area contributed by atoms with E-state index in [1.54, 1.807) is 12.1 Å². The van der Waals surface area contributed by atoms with Gasteiger partial charge < -0.3 is 15.0 Å². The molecule has 1 saturated heterocycles. The fraction of sp³-hybridized carbons (Fsp3) is 0.318. The van der Waals surface area contributed by atoms with Crippen molar-refractivity contribution >= 4 is 50.9 Å². The van der Waals surface area contributed by atoms with Crippen LogP contribution >= 0.6 is 22.9 Å². The zero-order valence-corrected chi connectivity index (χ0v) is 19.6. The normalized spacial score (nSPS) is 14.2. The predicted octanol–water partition coefficient (Wildman–Crippen LogP) is 3.34. The molecule has 3 aromatic rings. The Kier molecular flexibility index (Phi) is 7.48. The van der Waals surface area contributed by atoms with Crippen LogP contribution in [0.2, 0.25) is 0 Å². The van der Waals surface area contributed by atoms with Gasteiger partial charge in [-0.2, -0.15) is 0 Å². The Morgan fingerprint density at radius 2 is 1.91 bits per heavy atom. The molecule has 1 fully saturated rings. The van der Waals surface area contributed by atoms with E-state index in [2.05, 4.69) is 30.1 Å². The van der Waals surface area contributed by atoms with Crippen molar-refractivity contribution in [1.29, 1.82) is 0 Å². The number of hydrogen-bond donors (Lipinski definition) is 1. The van der Waals surface area contributed by atoms with Gasteiger partial charge in [0.2, 0.25) is 0 Å². The number of thiazole rings is 1. The zero-order chi connectivity index (χ0) is 23.2. The van der Waals surface area contributed by atoms with Crippen LogP contribution in [0.1, 0.15) is 25.9 Å². The lowest BCUT2D eigenvalue weighted by molar-refractivity contribution is 0.0459. The molecule has 0 aliphatic carbocycles. The maximum Gasteiger partial charge on any atom is 0.338 e. The molecule has 0 radical (unpaired) electrons. The van der Waals surface area contributed by atoms with E-state index >= 15 is 0 Å². The highest BCUT2D eigenvalue weighted by Crippen LogP contribution is 2.25. The third-order valence-electron chi connectivity index (χ3n) is 5.11. The van der Waals surface area contributed by atoms with Crippen LogP contribution in [0.3, 0.4) is 0 Å². The number of hydrogen-bond acceptors (Lipinski definition) is 10. The summed E-state index contributed by atoms with van der Waals surface area (Å²) < 4.78 is 5.39. The van der Waals surface area contributed by atoms with Crippen LogP contribution in [0.4, 0.5) is 16.8 Å². The van der Waals surface area contributed by atoms with Gasteiger partial charge in [0.15, 0.2) is 5.13 Å². The van der Waals surface area contributed by atoms with Gasteiger partial charge >= 0.3 is 5.97 Å². The van der Waals surface area contributed by atoms with Gasteiger partial charge in [-0.3, -0.25) is 9.69 Å². The quantitative estimate of drug-likeness (QED) is 0.379. The highest BCUT2D eigenvalue weighted by Gasteiger charge is 2.20. The van der Waals surface area contributed by atoms with Crippen LogP contribution in [-0.2, 0) is 4.74 Å². The SMILES string of the molecule is Cc1nc(Nc2ncc(C(=O)Cl)s2)cc(N2CCN(CCOC(=O)c3ccccc3)CC2)n1. The number of rotatable bonds is 8. The molecular formula is C22H23ClN6O3S. The molecule has 11 heteroatoms. The lowest BCUT2D eigenvalue weighted by Crippen LogP contribution is -2.47. The fourth-order valence-electron chi connectivity index (χ4n) is 3.44. The molecule has 0 atom stereocenters. The van der Waals surface area contributed by atoms with Crippen LogP contribution in [0, 0.1) is 6.92 Å². The number of aromatic nitrogens is 3. The molecule has 9 nitrogen and oxygen atoms in total. The summed E-state index contributed by atoms with van der Waals surface area (Å²) in [7, 11) is 0. The molecule has 0 spiro atoms. The van der Waals surface area contributed by atoms with Crippen molar-refractivity contribution in [3.63, 3.8) is 0 Å². The molecule has 0 unspecified atom stereocenters. The first-order valence-corrected chi connectivity index (χ1v) is 11.7. The second kappa shape index (κ2) is 10.7. The molecule has 172 valence electrons. The molecule has 4 rings (SSSR count). The van der Waals surface area contributed by atoms with E-state index in [0.29, 0.717) is 40.4 Å². The Morgan fingerprint density at radius 1 is 1.15 bits per heavy atom. The summed E-state index contributed by atoms with van der Waals surface area (Å²) in [5, 5.41) is 3.13. The predicted molar refractivity (Wildman–Crippen MR) is 128 cm³/mol. The summed E-state index contributed by atoms with van der Waals surface area (Å²) in [4.78, 5) is 41.3. The van der Waals surface area contributed by atoms with Crippen molar-refractivity contribution in [3.05, 3.63) is 58.9 Å². The van der Waals surface area contributed by atoms with Crippen molar-refractivity contribution in [2.24, 2.45) is 0 Å². The first kappa shape index (κ1) is 23.1. The summed E-state index contributed by atoms with van der Waals surface area (Å²) in [5.41, 5.74) is 0.564. The third kappa shape index (κ3) is 6.25. The summed E-state index contributed by atoms with van der Waals surface area (Å²) >= 11 is 6.67. The Balaban J connectivity index is 1.28. The van der Waals surface area contributed by atoms with Crippen molar-refractivity contribution in [2.45, 2.75) is 6.92 Å². The summed E-state index contributed by atoms with van der Waals surface area (Å²) in [6.07, 6.45) is 1.44. The van der Waals surface area contributed by atoms with E-state index in [-0.39, 0.29) is 5.97 Å². The number of carbonyl (C=O) groups excluding carboxylic acids is 2. The number of carbonyl (C=O) groups is 2. The molecule has 1 aliphatic rings. The number of halogens is 1. The van der Waals surface area contributed by atoms with Gasteiger partial charge in [0, 0.05) is 38.8 Å². The fourth-order valence-corrected chi connectivity index (χ4v) is 4.26. The van der Waals surface area contributed by atoms with E-state index in [0.717, 1.165) is 32.0 Å². The van der Waals surface area contributed by atoms with Crippen molar-refractivity contribution < 1.29 is 14.3 Å². The lowest BCUT2D eigenvalue weighted by atomic mass is 10.2. The van der Waals surface area contributed by atoms with Gasteiger partial charge in [-0.15, -0.1) is 0 Å². The molecule has 3 heterocycles. The van der Waals surface area contributed by atoms with E-state index < -0.39 is 5.24 Å². The minimum absolute atomic E-state index is 0.298. The van der Waals surface area contributed by atoms with Crippen molar-refractivity contribution in [2.75, 3.05) is 49.5 Å². The number of ether oxygens (including phenoxy) is 1. The van der Waals surface area contributed by atoms with E-state index in [1.165, 1.54) is 17.5 Å². The van der Waals surface area contributed by atoms with E-state index in [1.807, 2.05) is 31.2 Å². The topological polar surface area (TPSA) is 101 Å².